The summed E-state index contributed by atoms with van der Waals surface area (Å²) in [7, 11) is 0. The third-order valence-corrected chi connectivity index (χ3v) is 2.58. The molecular weight excluding hydrogens is 196 g/mol. The van der Waals surface area contributed by atoms with Crippen molar-refractivity contribution in [2.75, 3.05) is 26.2 Å². The minimum atomic E-state index is -0.928. The van der Waals surface area contributed by atoms with Crippen molar-refractivity contribution in [1.29, 1.82) is 0 Å². The van der Waals surface area contributed by atoms with Crippen molar-refractivity contribution >= 4 is 5.97 Å². The van der Waals surface area contributed by atoms with Gasteiger partial charge in [-0.2, -0.15) is 0 Å². The molecule has 1 fully saturated rings. The molecule has 1 aliphatic heterocycles. The molecule has 1 heterocycles. The summed E-state index contributed by atoms with van der Waals surface area (Å²) in [6.07, 6.45) is 0.491. The number of hydrogen-bond donors (Lipinski definition) is 2. The van der Waals surface area contributed by atoms with Gasteiger partial charge in [-0.1, -0.05) is 0 Å². The van der Waals surface area contributed by atoms with Crippen LogP contribution in [0.2, 0.25) is 0 Å². The Morgan fingerprint density at radius 3 is 2.87 bits per heavy atom. The highest BCUT2D eigenvalue weighted by Gasteiger charge is 2.27. The number of carbonyl (C=O) groups is 1. The van der Waals surface area contributed by atoms with Crippen LogP contribution >= 0.6 is 0 Å². The minimum absolute atomic E-state index is 0.133. The van der Waals surface area contributed by atoms with E-state index in [4.69, 9.17) is 15.6 Å². The lowest BCUT2D eigenvalue weighted by atomic mass is 10.1. The summed E-state index contributed by atoms with van der Waals surface area (Å²) >= 11 is 0. The van der Waals surface area contributed by atoms with Crippen LogP contribution in [0.5, 0.6) is 0 Å². The maximum Gasteiger partial charge on any atom is 0.320 e. The van der Waals surface area contributed by atoms with Crippen molar-refractivity contribution < 1.29 is 14.6 Å². The smallest absolute Gasteiger partial charge is 0.320 e. The van der Waals surface area contributed by atoms with Gasteiger partial charge in [0.15, 0.2) is 0 Å². The first-order chi connectivity index (χ1) is 6.91. The van der Waals surface area contributed by atoms with Crippen LogP contribution < -0.4 is 5.73 Å². The molecule has 0 aromatic carbocycles. The molecule has 3 N–H and O–H groups in total. The Bertz CT molecular complexity index is 231. The molecule has 15 heavy (non-hydrogen) atoms. The summed E-state index contributed by atoms with van der Waals surface area (Å²) in [5.74, 6) is -0.928. The van der Waals surface area contributed by atoms with Crippen molar-refractivity contribution in [3.05, 3.63) is 0 Å². The third kappa shape index (κ3) is 4.15. The number of nitrogens with two attached hydrogens (primary N) is 1. The molecule has 0 radical (unpaired) electrons. The van der Waals surface area contributed by atoms with Crippen LogP contribution in [-0.4, -0.2) is 53.9 Å². The Balaban J connectivity index is 2.30. The van der Waals surface area contributed by atoms with E-state index in [1.807, 2.05) is 13.8 Å². The molecule has 88 valence electrons. The second kappa shape index (κ2) is 4.92. The minimum Gasteiger partial charge on any atom is -0.480 e. The van der Waals surface area contributed by atoms with Gasteiger partial charge >= 0.3 is 5.97 Å². The van der Waals surface area contributed by atoms with E-state index in [0.717, 1.165) is 19.6 Å². The Morgan fingerprint density at radius 2 is 2.33 bits per heavy atom. The molecule has 0 aromatic heterocycles. The van der Waals surface area contributed by atoms with E-state index < -0.39 is 12.0 Å². The highest BCUT2D eigenvalue weighted by Crippen LogP contribution is 2.16. The van der Waals surface area contributed by atoms with Crippen LogP contribution in [-0.2, 0) is 9.53 Å². The number of carboxylic acid groups (broad SMARTS) is 1. The monoisotopic (exact) mass is 216 g/mol. The van der Waals surface area contributed by atoms with E-state index >= 15 is 0 Å². The standard InChI is InChI=1S/C10H20N2O3/c1-10(2)7-12(5-6-15-10)4-3-8(11)9(13)14/h8H,3-7,11H2,1-2H3,(H,13,14). The van der Waals surface area contributed by atoms with Crippen molar-refractivity contribution in [3.8, 4) is 0 Å². The summed E-state index contributed by atoms with van der Waals surface area (Å²) in [4.78, 5) is 12.7. The van der Waals surface area contributed by atoms with Crippen molar-refractivity contribution in [2.45, 2.75) is 31.9 Å². The molecule has 1 unspecified atom stereocenters. The lowest BCUT2D eigenvalue weighted by Crippen LogP contribution is -2.49. The second-order valence-electron chi connectivity index (χ2n) is 4.62. The lowest BCUT2D eigenvalue weighted by Gasteiger charge is -2.38. The van der Waals surface area contributed by atoms with Crippen LogP contribution in [0.3, 0.4) is 0 Å². The van der Waals surface area contributed by atoms with Gasteiger partial charge in [0, 0.05) is 19.6 Å². The Morgan fingerprint density at radius 1 is 1.67 bits per heavy atom. The molecule has 5 nitrogen and oxygen atoms in total. The van der Waals surface area contributed by atoms with E-state index in [2.05, 4.69) is 4.90 Å². The molecule has 0 aromatic rings. The lowest BCUT2D eigenvalue weighted by molar-refractivity contribution is -0.139. The predicted molar refractivity (Wildman–Crippen MR) is 56.7 cm³/mol. The summed E-state index contributed by atoms with van der Waals surface area (Å²) < 4.78 is 5.56. The zero-order valence-corrected chi connectivity index (χ0v) is 9.40. The number of rotatable bonds is 4. The number of ether oxygens (including phenoxy) is 1. The SMILES string of the molecule is CC1(C)CN(CCC(N)C(=O)O)CCO1. The molecule has 1 saturated heterocycles. The fraction of sp³-hybridized carbons (Fsp3) is 0.900. The van der Waals surface area contributed by atoms with E-state index in [-0.39, 0.29) is 5.60 Å². The molecular formula is C10H20N2O3. The molecule has 0 aliphatic carbocycles. The fourth-order valence-corrected chi connectivity index (χ4v) is 1.75. The van der Waals surface area contributed by atoms with Crippen LogP contribution in [0.25, 0.3) is 0 Å². The Kier molecular flexibility index (Phi) is 4.07. The Hall–Kier alpha value is -0.650. The topological polar surface area (TPSA) is 75.8 Å². The quantitative estimate of drug-likeness (QED) is 0.686. The summed E-state index contributed by atoms with van der Waals surface area (Å²) in [6, 6.07) is -0.754. The number of nitrogens with zero attached hydrogens (tertiary/aromatic N) is 1. The average Bonchev–Trinajstić information content (AvgIpc) is 2.12. The van der Waals surface area contributed by atoms with Crippen LogP contribution in [0.15, 0.2) is 0 Å². The van der Waals surface area contributed by atoms with E-state index in [0.29, 0.717) is 13.0 Å². The molecule has 0 saturated carbocycles. The molecule has 0 amide bonds. The van der Waals surface area contributed by atoms with Gasteiger partial charge in [-0.25, -0.2) is 0 Å². The third-order valence-electron chi connectivity index (χ3n) is 2.58. The number of aliphatic carboxylic acids is 1. The second-order valence-corrected chi connectivity index (χ2v) is 4.62. The summed E-state index contributed by atoms with van der Waals surface area (Å²) in [6.45, 7) is 7.19. The van der Waals surface area contributed by atoms with E-state index in [9.17, 15) is 4.79 Å². The highest BCUT2D eigenvalue weighted by atomic mass is 16.5. The van der Waals surface area contributed by atoms with E-state index in [1.54, 1.807) is 0 Å². The van der Waals surface area contributed by atoms with Gasteiger partial charge in [-0.15, -0.1) is 0 Å². The van der Waals surface area contributed by atoms with Gasteiger partial charge in [0.25, 0.3) is 0 Å². The van der Waals surface area contributed by atoms with Crippen LogP contribution in [0, 0.1) is 0 Å². The molecule has 0 bridgehead atoms. The average molecular weight is 216 g/mol. The predicted octanol–water partition coefficient (Wildman–Crippen LogP) is -0.101. The van der Waals surface area contributed by atoms with Gasteiger partial charge in [0.05, 0.1) is 12.2 Å². The molecule has 1 rings (SSSR count). The maximum atomic E-state index is 10.5. The van der Waals surface area contributed by atoms with Crippen LogP contribution in [0.4, 0.5) is 0 Å². The zero-order valence-electron chi connectivity index (χ0n) is 9.40. The highest BCUT2D eigenvalue weighted by molar-refractivity contribution is 5.72. The molecule has 1 atom stereocenters. The van der Waals surface area contributed by atoms with Crippen molar-refractivity contribution in [2.24, 2.45) is 5.73 Å². The number of hydrogen-bond acceptors (Lipinski definition) is 4. The first-order valence-corrected chi connectivity index (χ1v) is 5.25. The largest absolute Gasteiger partial charge is 0.480 e. The normalized spacial score (nSPS) is 23.7. The van der Waals surface area contributed by atoms with Gasteiger partial charge in [-0.05, 0) is 20.3 Å². The molecule has 1 aliphatic rings. The Labute approximate surface area is 90.2 Å². The number of carboxylic acids is 1. The molecule has 5 heteroatoms. The van der Waals surface area contributed by atoms with Gasteiger partial charge in [0.2, 0.25) is 0 Å². The zero-order chi connectivity index (χ0) is 11.5. The van der Waals surface area contributed by atoms with Gasteiger partial charge in [0.1, 0.15) is 6.04 Å². The maximum absolute atomic E-state index is 10.5. The van der Waals surface area contributed by atoms with E-state index in [1.165, 1.54) is 0 Å². The van der Waals surface area contributed by atoms with Crippen molar-refractivity contribution in [3.63, 3.8) is 0 Å². The molecule has 0 spiro atoms. The summed E-state index contributed by atoms with van der Waals surface area (Å²) in [5, 5.41) is 8.65. The fourth-order valence-electron chi connectivity index (χ4n) is 1.75. The van der Waals surface area contributed by atoms with Gasteiger partial charge in [-0.3, -0.25) is 9.69 Å². The van der Waals surface area contributed by atoms with Crippen molar-refractivity contribution in [1.82, 2.24) is 4.90 Å². The van der Waals surface area contributed by atoms with Crippen LogP contribution in [0.1, 0.15) is 20.3 Å². The number of morpholine rings is 1. The first-order valence-electron chi connectivity index (χ1n) is 5.25. The van der Waals surface area contributed by atoms with Gasteiger partial charge < -0.3 is 15.6 Å². The summed E-state index contributed by atoms with van der Waals surface area (Å²) in [5.41, 5.74) is 5.31. The first kappa shape index (κ1) is 12.4.